The third-order valence-electron chi connectivity index (χ3n) is 2.52. The van der Waals surface area contributed by atoms with E-state index in [0.29, 0.717) is 11.0 Å². The molecule has 106 valence electrons. The molecular formula is C15H22O2S2. The van der Waals surface area contributed by atoms with Crippen LogP contribution in [0.1, 0.15) is 31.4 Å². The maximum absolute atomic E-state index is 5.84. The average Bonchev–Trinajstić information content (AvgIpc) is 2.39. The van der Waals surface area contributed by atoms with E-state index in [0.717, 1.165) is 19.4 Å². The van der Waals surface area contributed by atoms with Crippen LogP contribution in [-0.4, -0.2) is 23.0 Å². The van der Waals surface area contributed by atoms with Gasteiger partial charge in [0.25, 0.3) is 0 Å². The highest BCUT2D eigenvalue weighted by Crippen LogP contribution is 2.21. The van der Waals surface area contributed by atoms with Crippen molar-refractivity contribution in [2.75, 3.05) is 13.2 Å². The van der Waals surface area contributed by atoms with E-state index >= 15 is 0 Å². The maximum atomic E-state index is 5.84. The predicted molar refractivity (Wildman–Crippen MR) is 86.7 cm³/mol. The molecule has 2 nitrogen and oxygen atoms in total. The summed E-state index contributed by atoms with van der Waals surface area (Å²) in [5.41, 5.74) is 2.56. The minimum atomic E-state index is 0.0294. The minimum Gasteiger partial charge on any atom is -0.479 e. The number of ether oxygens (including phenoxy) is 2. The van der Waals surface area contributed by atoms with Crippen LogP contribution in [0.4, 0.5) is 0 Å². The van der Waals surface area contributed by atoms with Gasteiger partial charge in [0, 0.05) is 13.0 Å². The molecular weight excluding hydrogens is 276 g/mol. The van der Waals surface area contributed by atoms with Crippen molar-refractivity contribution in [2.45, 2.75) is 39.0 Å². The highest BCUT2D eigenvalue weighted by molar-refractivity contribution is 8.22. The van der Waals surface area contributed by atoms with Gasteiger partial charge in [-0.1, -0.05) is 36.8 Å². The first kappa shape index (κ1) is 16.5. The first-order chi connectivity index (χ1) is 9.15. The normalized spacial score (nSPS) is 12.2. The summed E-state index contributed by atoms with van der Waals surface area (Å²) in [5, 5.41) is 0. The Hall–Kier alpha value is -0.580. The van der Waals surface area contributed by atoms with Gasteiger partial charge in [0.05, 0.1) is 6.61 Å². The van der Waals surface area contributed by atoms with Gasteiger partial charge < -0.3 is 9.47 Å². The molecule has 1 atom stereocenters. The van der Waals surface area contributed by atoms with Crippen LogP contribution in [0, 0.1) is 6.92 Å². The number of hydrogen-bond donors (Lipinski definition) is 0. The van der Waals surface area contributed by atoms with Crippen molar-refractivity contribution >= 4 is 28.4 Å². The smallest absolute Gasteiger partial charge is 0.222 e. The quantitative estimate of drug-likeness (QED) is 0.550. The van der Waals surface area contributed by atoms with Crippen LogP contribution >= 0.6 is 24.0 Å². The van der Waals surface area contributed by atoms with E-state index < -0.39 is 0 Å². The highest BCUT2D eigenvalue weighted by Gasteiger charge is 2.14. The van der Waals surface area contributed by atoms with E-state index in [4.69, 9.17) is 21.7 Å². The van der Waals surface area contributed by atoms with Crippen molar-refractivity contribution < 1.29 is 9.47 Å². The average molecular weight is 298 g/mol. The monoisotopic (exact) mass is 298 g/mol. The van der Waals surface area contributed by atoms with Crippen molar-refractivity contribution in [3.63, 3.8) is 0 Å². The van der Waals surface area contributed by atoms with Gasteiger partial charge in [-0.15, -0.1) is 0 Å². The number of aryl methyl sites for hydroxylation is 1. The largest absolute Gasteiger partial charge is 0.479 e. The van der Waals surface area contributed by atoms with Gasteiger partial charge >= 0.3 is 0 Å². The molecule has 0 heterocycles. The molecule has 0 amide bonds. The number of benzene rings is 1. The second-order valence-electron chi connectivity index (χ2n) is 4.29. The molecule has 0 radical (unpaired) electrons. The summed E-state index contributed by atoms with van der Waals surface area (Å²) in [6.45, 7) is 7.49. The molecule has 4 heteroatoms. The molecule has 0 bridgehead atoms. The first-order valence-electron chi connectivity index (χ1n) is 6.66. The fraction of sp³-hybridized carbons (Fsp3) is 0.533. The summed E-state index contributed by atoms with van der Waals surface area (Å²) in [6, 6.07) is 8.53. The Morgan fingerprint density at radius 2 is 1.95 bits per heavy atom. The summed E-state index contributed by atoms with van der Waals surface area (Å²) >= 11 is 6.67. The van der Waals surface area contributed by atoms with Crippen LogP contribution in [0.3, 0.4) is 0 Å². The lowest BCUT2D eigenvalue weighted by atomic mass is 10.1. The molecule has 0 N–H and O–H groups in total. The Balaban J connectivity index is 2.57. The van der Waals surface area contributed by atoms with E-state index in [1.807, 2.05) is 6.92 Å². The maximum Gasteiger partial charge on any atom is 0.222 e. The Labute approximate surface area is 125 Å². The molecule has 1 rings (SSSR count). The van der Waals surface area contributed by atoms with Gasteiger partial charge in [-0.25, -0.2) is 0 Å². The molecule has 0 saturated carbocycles. The zero-order chi connectivity index (χ0) is 14.1. The van der Waals surface area contributed by atoms with Crippen molar-refractivity contribution in [3.8, 4) is 0 Å². The number of hydrogen-bond acceptors (Lipinski definition) is 4. The molecule has 0 aliphatic carbocycles. The molecule has 0 fully saturated rings. The Morgan fingerprint density at radius 3 is 2.53 bits per heavy atom. The fourth-order valence-corrected chi connectivity index (χ4v) is 2.84. The summed E-state index contributed by atoms with van der Waals surface area (Å²) in [4.78, 5) is 0. The Morgan fingerprint density at radius 1 is 1.26 bits per heavy atom. The molecule has 0 aromatic heterocycles. The van der Waals surface area contributed by atoms with Crippen LogP contribution in [0.25, 0.3) is 0 Å². The van der Waals surface area contributed by atoms with Crippen LogP contribution in [0.2, 0.25) is 0 Å². The fourth-order valence-electron chi connectivity index (χ4n) is 1.56. The van der Waals surface area contributed by atoms with Crippen LogP contribution in [0.15, 0.2) is 24.3 Å². The lowest BCUT2D eigenvalue weighted by molar-refractivity contribution is 0.114. The van der Waals surface area contributed by atoms with Crippen LogP contribution in [0.5, 0.6) is 0 Å². The van der Waals surface area contributed by atoms with Crippen molar-refractivity contribution in [2.24, 2.45) is 0 Å². The molecule has 1 aromatic carbocycles. The SMILES string of the molecule is CCCOC(Cc1ccc(C)cc1)SC(=S)OCC. The van der Waals surface area contributed by atoms with Gasteiger partial charge in [-0.2, -0.15) is 0 Å². The summed E-state index contributed by atoms with van der Waals surface area (Å²) in [7, 11) is 0. The summed E-state index contributed by atoms with van der Waals surface area (Å²) in [6.07, 6.45) is 1.85. The number of rotatable bonds is 7. The Bertz CT molecular complexity index is 376. The first-order valence-corrected chi connectivity index (χ1v) is 7.95. The minimum absolute atomic E-state index is 0.0294. The van der Waals surface area contributed by atoms with Crippen LogP contribution < -0.4 is 0 Å². The van der Waals surface area contributed by atoms with Gasteiger partial charge in [0.1, 0.15) is 5.44 Å². The summed E-state index contributed by atoms with van der Waals surface area (Å²) < 4.78 is 11.7. The Kier molecular flexibility index (Phi) is 8.10. The third kappa shape index (κ3) is 6.95. The van der Waals surface area contributed by atoms with Crippen molar-refractivity contribution in [3.05, 3.63) is 35.4 Å². The lowest BCUT2D eigenvalue weighted by Gasteiger charge is -2.17. The second-order valence-corrected chi connectivity index (χ2v) is 6.05. The highest BCUT2D eigenvalue weighted by atomic mass is 32.2. The molecule has 1 aromatic rings. The van der Waals surface area contributed by atoms with E-state index in [1.54, 1.807) is 0 Å². The lowest BCUT2D eigenvalue weighted by Crippen LogP contribution is -2.16. The summed E-state index contributed by atoms with van der Waals surface area (Å²) in [5.74, 6) is 0. The van der Waals surface area contributed by atoms with E-state index in [1.165, 1.54) is 22.9 Å². The topological polar surface area (TPSA) is 18.5 Å². The molecule has 0 aliphatic heterocycles. The van der Waals surface area contributed by atoms with E-state index in [2.05, 4.69) is 38.1 Å². The van der Waals surface area contributed by atoms with Crippen LogP contribution in [-0.2, 0) is 15.9 Å². The molecule has 0 saturated heterocycles. The predicted octanol–water partition coefficient (Wildman–Crippen LogP) is 4.34. The standard InChI is InChI=1S/C15H22O2S2/c1-4-10-17-14(19-15(18)16-5-2)11-13-8-6-12(3)7-9-13/h6-9,14H,4-5,10-11H2,1-3H3. The van der Waals surface area contributed by atoms with Crippen molar-refractivity contribution in [1.82, 2.24) is 0 Å². The second kappa shape index (κ2) is 9.34. The molecule has 1 unspecified atom stereocenters. The zero-order valence-electron chi connectivity index (χ0n) is 11.8. The van der Waals surface area contributed by atoms with Crippen molar-refractivity contribution in [1.29, 1.82) is 0 Å². The van der Waals surface area contributed by atoms with Gasteiger partial charge in [-0.3, -0.25) is 0 Å². The van der Waals surface area contributed by atoms with E-state index in [9.17, 15) is 0 Å². The van der Waals surface area contributed by atoms with E-state index in [-0.39, 0.29) is 5.44 Å². The molecule has 19 heavy (non-hydrogen) atoms. The number of thiocarbonyl (C=S) groups is 1. The van der Waals surface area contributed by atoms with Gasteiger partial charge in [0.15, 0.2) is 0 Å². The third-order valence-corrected chi connectivity index (χ3v) is 3.80. The molecule has 0 aliphatic rings. The zero-order valence-corrected chi connectivity index (χ0v) is 13.5. The number of thioether (sulfide) groups is 1. The van der Waals surface area contributed by atoms with Gasteiger partial charge in [0.2, 0.25) is 4.38 Å². The van der Waals surface area contributed by atoms with Gasteiger partial charge in [-0.05, 0) is 49.8 Å². The molecule has 0 spiro atoms.